The van der Waals surface area contributed by atoms with E-state index in [0.717, 1.165) is 10.6 Å². The highest BCUT2D eigenvalue weighted by Gasteiger charge is 2.34. The number of fused-ring (bicyclic) bond motifs is 1. The molecule has 2 rings (SSSR count). The molecule has 0 saturated carbocycles. The molecule has 0 bridgehead atoms. The van der Waals surface area contributed by atoms with E-state index in [-0.39, 0.29) is 0 Å². The summed E-state index contributed by atoms with van der Waals surface area (Å²) in [7, 11) is 0. The van der Waals surface area contributed by atoms with Crippen LogP contribution in [0.4, 0.5) is 38.0 Å². The SMILES string of the molecule is FC(F)(F)Nc1nc2nonc2nc1NC(F)(F)F. The zero-order valence-corrected chi connectivity index (χ0v) is 8.46. The predicted octanol–water partition coefficient (Wildman–Crippen LogP) is 1.88. The Hall–Kier alpha value is -2.34. The Kier molecular flexibility index (Phi) is 2.83. The van der Waals surface area contributed by atoms with Crippen molar-refractivity contribution in [3.05, 3.63) is 0 Å². The van der Waals surface area contributed by atoms with Gasteiger partial charge in [-0.2, -0.15) is 26.3 Å². The zero-order chi connectivity index (χ0) is 14.3. The van der Waals surface area contributed by atoms with Gasteiger partial charge in [0.15, 0.2) is 11.6 Å². The number of hydrogen-bond donors (Lipinski definition) is 2. The summed E-state index contributed by atoms with van der Waals surface area (Å²) < 4.78 is 76.9. The van der Waals surface area contributed by atoms with Crippen molar-refractivity contribution in [2.75, 3.05) is 10.6 Å². The molecule has 0 saturated heterocycles. The predicted molar refractivity (Wildman–Crippen MR) is 46.7 cm³/mol. The van der Waals surface area contributed by atoms with Crippen molar-refractivity contribution < 1.29 is 31.0 Å². The summed E-state index contributed by atoms with van der Waals surface area (Å²) >= 11 is 0. The zero-order valence-electron chi connectivity index (χ0n) is 8.46. The maximum atomic E-state index is 12.1. The lowest BCUT2D eigenvalue weighted by atomic mass is 10.5. The molecule has 19 heavy (non-hydrogen) atoms. The minimum absolute atomic E-state index is 0.473. The number of hydrogen-bond acceptors (Lipinski definition) is 7. The molecule has 0 aliphatic heterocycles. The largest absolute Gasteiger partial charge is 0.483 e. The fraction of sp³-hybridized carbons (Fsp3) is 0.333. The molecule has 7 nitrogen and oxygen atoms in total. The molecule has 2 aromatic heterocycles. The summed E-state index contributed by atoms with van der Waals surface area (Å²) in [5, 5.41) is 7.76. The molecular formula is C6H2F6N6O. The maximum Gasteiger partial charge on any atom is 0.483 e. The minimum atomic E-state index is -5.00. The fourth-order valence-corrected chi connectivity index (χ4v) is 1.08. The molecule has 0 fully saturated rings. The van der Waals surface area contributed by atoms with Crippen molar-refractivity contribution in [2.24, 2.45) is 0 Å². The van der Waals surface area contributed by atoms with E-state index >= 15 is 0 Å². The third-order valence-corrected chi connectivity index (χ3v) is 1.63. The van der Waals surface area contributed by atoms with Gasteiger partial charge in [0.1, 0.15) is 0 Å². The van der Waals surface area contributed by atoms with Crippen LogP contribution in [0.1, 0.15) is 0 Å². The van der Waals surface area contributed by atoms with Crippen LogP contribution in [0.5, 0.6) is 0 Å². The maximum absolute atomic E-state index is 12.1. The Labute approximate surface area is 98.5 Å². The standard InChI is InChI=1S/C6H2F6N6O/c7-5(8,9)15-1-2(16-6(10,11)12)14-4-3(13-1)17-19-18-4/h(H,13,15,17)(H,14,16,18). The molecule has 0 amide bonds. The average Bonchev–Trinajstić information content (AvgIpc) is 2.60. The second-order valence-electron chi connectivity index (χ2n) is 3.08. The first-order chi connectivity index (χ1) is 8.64. The molecule has 0 atom stereocenters. The molecule has 104 valence electrons. The van der Waals surface area contributed by atoms with Crippen molar-refractivity contribution in [1.29, 1.82) is 0 Å². The van der Waals surface area contributed by atoms with E-state index in [9.17, 15) is 26.3 Å². The van der Waals surface area contributed by atoms with Crippen LogP contribution in [0.3, 0.4) is 0 Å². The van der Waals surface area contributed by atoms with Gasteiger partial charge in [0.2, 0.25) is 11.3 Å². The first kappa shape index (κ1) is 13.1. The third-order valence-electron chi connectivity index (χ3n) is 1.63. The molecule has 0 aliphatic carbocycles. The number of rotatable bonds is 2. The Morgan fingerprint density at radius 1 is 0.737 bits per heavy atom. The van der Waals surface area contributed by atoms with Gasteiger partial charge in [0.05, 0.1) is 0 Å². The van der Waals surface area contributed by atoms with E-state index in [1.165, 1.54) is 0 Å². The molecule has 0 radical (unpaired) electrons. The molecule has 2 heterocycles. The van der Waals surface area contributed by atoms with Crippen LogP contribution in [-0.4, -0.2) is 32.9 Å². The molecule has 2 N–H and O–H groups in total. The van der Waals surface area contributed by atoms with Crippen molar-refractivity contribution in [2.45, 2.75) is 12.6 Å². The molecule has 0 aliphatic rings. The highest BCUT2D eigenvalue weighted by Crippen LogP contribution is 2.28. The first-order valence-corrected chi connectivity index (χ1v) is 4.34. The van der Waals surface area contributed by atoms with E-state index in [0.29, 0.717) is 0 Å². The van der Waals surface area contributed by atoms with E-state index in [2.05, 4.69) is 24.9 Å². The number of aromatic nitrogens is 4. The molecule has 0 aromatic carbocycles. The normalized spacial score (nSPS) is 12.7. The highest BCUT2D eigenvalue weighted by molar-refractivity contribution is 5.73. The smallest absolute Gasteiger partial charge is 0.279 e. The average molecular weight is 288 g/mol. The van der Waals surface area contributed by atoms with Crippen LogP contribution in [0, 0.1) is 0 Å². The summed E-state index contributed by atoms with van der Waals surface area (Å²) in [4.78, 5) is 6.36. The Morgan fingerprint density at radius 2 is 1.11 bits per heavy atom. The molecular weight excluding hydrogens is 286 g/mol. The Balaban J connectivity index is 2.47. The van der Waals surface area contributed by atoms with Crippen LogP contribution < -0.4 is 10.6 Å². The molecule has 0 unspecified atom stereocenters. The minimum Gasteiger partial charge on any atom is -0.279 e. The lowest BCUT2D eigenvalue weighted by Crippen LogP contribution is -2.26. The van der Waals surface area contributed by atoms with Gasteiger partial charge in [-0.15, -0.1) is 0 Å². The summed E-state index contributed by atoms with van der Waals surface area (Å²) in [5.74, 6) is -2.40. The van der Waals surface area contributed by atoms with Gasteiger partial charge in [-0.3, -0.25) is 10.6 Å². The van der Waals surface area contributed by atoms with Gasteiger partial charge in [-0.25, -0.2) is 14.6 Å². The van der Waals surface area contributed by atoms with Gasteiger partial charge < -0.3 is 0 Å². The summed E-state index contributed by atoms with van der Waals surface area (Å²) in [6, 6.07) is 0. The van der Waals surface area contributed by atoms with Gasteiger partial charge in [0.25, 0.3) is 0 Å². The van der Waals surface area contributed by atoms with E-state index in [4.69, 9.17) is 0 Å². The van der Waals surface area contributed by atoms with E-state index < -0.39 is 35.5 Å². The Bertz CT molecular complexity index is 540. The van der Waals surface area contributed by atoms with Crippen LogP contribution >= 0.6 is 0 Å². The fourth-order valence-electron chi connectivity index (χ4n) is 1.08. The van der Waals surface area contributed by atoms with Gasteiger partial charge in [0, 0.05) is 0 Å². The van der Waals surface area contributed by atoms with Gasteiger partial charge in [-0.05, 0) is 10.3 Å². The van der Waals surface area contributed by atoms with Crippen molar-refractivity contribution >= 4 is 22.9 Å². The lowest BCUT2D eigenvalue weighted by Gasteiger charge is -2.14. The first-order valence-electron chi connectivity index (χ1n) is 4.34. The number of halogens is 6. The lowest BCUT2D eigenvalue weighted by molar-refractivity contribution is -0.103. The number of alkyl halides is 6. The quantitative estimate of drug-likeness (QED) is 0.644. The highest BCUT2D eigenvalue weighted by atomic mass is 19.4. The molecule has 2 aromatic rings. The monoisotopic (exact) mass is 288 g/mol. The van der Waals surface area contributed by atoms with Gasteiger partial charge >= 0.3 is 12.6 Å². The summed E-state index contributed by atoms with van der Waals surface area (Å²) in [6.45, 7) is 0. The molecule has 13 heteroatoms. The Morgan fingerprint density at radius 3 is 1.42 bits per heavy atom. The van der Waals surface area contributed by atoms with Crippen molar-refractivity contribution in [3.8, 4) is 0 Å². The third kappa shape index (κ3) is 3.32. The second-order valence-corrected chi connectivity index (χ2v) is 3.08. The number of nitrogens with zero attached hydrogens (tertiary/aromatic N) is 4. The topological polar surface area (TPSA) is 88.8 Å². The van der Waals surface area contributed by atoms with Crippen molar-refractivity contribution in [1.82, 2.24) is 20.3 Å². The number of nitrogens with one attached hydrogen (secondary N) is 2. The second kappa shape index (κ2) is 4.10. The van der Waals surface area contributed by atoms with Crippen molar-refractivity contribution in [3.63, 3.8) is 0 Å². The number of anilines is 2. The van der Waals surface area contributed by atoms with Crippen LogP contribution in [-0.2, 0) is 0 Å². The molecule has 0 spiro atoms. The summed E-state index contributed by atoms with van der Waals surface area (Å²) in [5.41, 5.74) is -0.945. The van der Waals surface area contributed by atoms with E-state index in [1.54, 1.807) is 0 Å². The van der Waals surface area contributed by atoms with Crippen LogP contribution in [0.2, 0.25) is 0 Å². The summed E-state index contributed by atoms with van der Waals surface area (Å²) in [6.07, 6.45) is -10.00. The van der Waals surface area contributed by atoms with Crippen LogP contribution in [0.15, 0.2) is 4.63 Å². The van der Waals surface area contributed by atoms with Crippen LogP contribution in [0.25, 0.3) is 11.3 Å². The van der Waals surface area contributed by atoms with E-state index in [1.807, 2.05) is 0 Å². The van der Waals surface area contributed by atoms with Gasteiger partial charge in [-0.1, -0.05) is 0 Å².